The van der Waals surface area contributed by atoms with E-state index in [1.807, 2.05) is 0 Å². The van der Waals surface area contributed by atoms with Gasteiger partial charge in [0, 0.05) is 12.4 Å². The molecule has 1 aromatic heterocycles. The summed E-state index contributed by atoms with van der Waals surface area (Å²) in [5.74, 6) is -1.87. The highest BCUT2D eigenvalue weighted by Crippen LogP contribution is 2.15. The first-order valence-corrected chi connectivity index (χ1v) is 6.79. The molecule has 0 aliphatic rings. The number of nitrogens with one attached hydrogen (secondary N) is 1. The van der Waals surface area contributed by atoms with Crippen molar-refractivity contribution >= 4 is 23.5 Å². The van der Waals surface area contributed by atoms with E-state index in [2.05, 4.69) is 10.3 Å². The SMILES string of the molecule is CC(OC(=O)c1ccncc1)C(=O)Nc1ccccc1C(N)=O. The lowest BCUT2D eigenvalue weighted by atomic mass is 10.1. The first-order chi connectivity index (χ1) is 11.0. The first-order valence-electron chi connectivity index (χ1n) is 6.79. The molecule has 1 aromatic carbocycles. The number of hydrogen-bond acceptors (Lipinski definition) is 5. The van der Waals surface area contributed by atoms with Crippen LogP contribution in [0.5, 0.6) is 0 Å². The fourth-order valence-corrected chi connectivity index (χ4v) is 1.81. The van der Waals surface area contributed by atoms with Gasteiger partial charge in [0.15, 0.2) is 6.10 Å². The third-order valence-corrected chi connectivity index (χ3v) is 3.02. The number of carbonyl (C=O) groups is 3. The summed E-state index contributed by atoms with van der Waals surface area (Å²) < 4.78 is 5.08. The summed E-state index contributed by atoms with van der Waals surface area (Å²) in [4.78, 5) is 39.1. The van der Waals surface area contributed by atoms with Gasteiger partial charge < -0.3 is 15.8 Å². The summed E-state index contributed by atoms with van der Waals surface area (Å²) in [6.45, 7) is 1.43. The summed E-state index contributed by atoms with van der Waals surface area (Å²) in [5.41, 5.74) is 5.97. The van der Waals surface area contributed by atoms with Gasteiger partial charge in [-0.2, -0.15) is 0 Å². The van der Waals surface area contributed by atoms with Crippen molar-refractivity contribution in [2.75, 3.05) is 5.32 Å². The fourth-order valence-electron chi connectivity index (χ4n) is 1.81. The van der Waals surface area contributed by atoms with Gasteiger partial charge in [-0.1, -0.05) is 12.1 Å². The number of nitrogens with zero attached hydrogens (tertiary/aromatic N) is 1. The van der Waals surface area contributed by atoms with E-state index in [0.717, 1.165) is 0 Å². The number of esters is 1. The van der Waals surface area contributed by atoms with Gasteiger partial charge in [0.1, 0.15) is 0 Å². The lowest BCUT2D eigenvalue weighted by Crippen LogP contribution is -2.30. The molecule has 2 rings (SSSR count). The molecule has 2 aromatic rings. The van der Waals surface area contributed by atoms with Crippen LogP contribution in [0.4, 0.5) is 5.69 Å². The number of rotatable bonds is 5. The molecule has 7 nitrogen and oxygen atoms in total. The topological polar surface area (TPSA) is 111 Å². The van der Waals surface area contributed by atoms with Crippen LogP contribution in [0.2, 0.25) is 0 Å². The van der Waals surface area contributed by atoms with Crippen LogP contribution < -0.4 is 11.1 Å². The van der Waals surface area contributed by atoms with E-state index < -0.39 is 23.9 Å². The van der Waals surface area contributed by atoms with Crippen LogP contribution in [0.3, 0.4) is 0 Å². The molecule has 118 valence electrons. The van der Waals surface area contributed by atoms with Gasteiger partial charge in [-0.3, -0.25) is 14.6 Å². The van der Waals surface area contributed by atoms with Crippen LogP contribution in [0.15, 0.2) is 48.8 Å². The lowest BCUT2D eigenvalue weighted by Gasteiger charge is -2.14. The molecule has 7 heteroatoms. The van der Waals surface area contributed by atoms with Crippen molar-refractivity contribution in [3.8, 4) is 0 Å². The van der Waals surface area contributed by atoms with Gasteiger partial charge in [-0.15, -0.1) is 0 Å². The number of nitrogens with two attached hydrogens (primary N) is 1. The Morgan fingerprint density at radius 3 is 2.43 bits per heavy atom. The second-order valence-electron chi connectivity index (χ2n) is 4.68. The van der Waals surface area contributed by atoms with Gasteiger partial charge in [0.05, 0.1) is 16.8 Å². The average molecular weight is 313 g/mol. The quantitative estimate of drug-likeness (QED) is 0.810. The molecule has 0 spiro atoms. The number of hydrogen-bond donors (Lipinski definition) is 2. The number of pyridine rings is 1. The molecular formula is C16H15N3O4. The van der Waals surface area contributed by atoms with Crippen LogP contribution in [0.25, 0.3) is 0 Å². The number of anilines is 1. The van der Waals surface area contributed by atoms with E-state index in [1.54, 1.807) is 12.1 Å². The molecule has 3 N–H and O–H groups in total. The largest absolute Gasteiger partial charge is 0.449 e. The zero-order chi connectivity index (χ0) is 16.8. The molecule has 0 fully saturated rings. The smallest absolute Gasteiger partial charge is 0.339 e. The second kappa shape index (κ2) is 7.17. The van der Waals surface area contributed by atoms with E-state index >= 15 is 0 Å². The van der Waals surface area contributed by atoms with Crippen molar-refractivity contribution in [3.05, 3.63) is 59.9 Å². The van der Waals surface area contributed by atoms with Crippen molar-refractivity contribution in [1.29, 1.82) is 0 Å². The average Bonchev–Trinajstić information content (AvgIpc) is 2.55. The molecule has 1 heterocycles. The fraction of sp³-hybridized carbons (Fsp3) is 0.125. The molecule has 2 amide bonds. The standard InChI is InChI=1S/C16H15N3O4/c1-10(23-16(22)11-6-8-18-9-7-11)15(21)19-13-5-3-2-4-12(13)14(17)20/h2-10H,1H3,(H2,17,20)(H,19,21). The summed E-state index contributed by atoms with van der Waals surface area (Å²) in [6.07, 6.45) is 1.85. The molecule has 1 unspecified atom stereocenters. The monoisotopic (exact) mass is 313 g/mol. The maximum Gasteiger partial charge on any atom is 0.339 e. The Kier molecular flexibility index (Phi) is 5.03. The zero-order valence-corrected chi connectivity index (χ0v) is 12.4. The molecule has 0 aliphatic carbocycles. The molecule has 0 bridgehead atoms. The number of amides is 2. The maximum absolute atomic E-state index is 12.1. The normalized spacial score (nSPS) is 11.3. The predicted molar refractivity (Wildman–Crippen MR) is 82.7 cm³/mol. The van der Waals surface area contributed by atoms with Crippen LogP contribution in [-0.2, 0) is 9.53 Å². The molecule has 0 radical (unpaired) electrons. The van der Waals surface area contributed by atoms with Crippen LogP contribution in [-0.4, -0.2) is 28.9 Å². The highest BCUT2D eigenvalue weighted by atomic mass is 16.5. The second-order valence-corrected chi connectivity index (χ2v) is 4.68. The number of aromatic nitrogens is 1. The molecule has 1 atom stereocenters. The Labute approximate surface area is 132 Å². The summed E-state index contributed by atoms with van der Waals surface area (Å²) in [6, 6.07) is 9.27. The third-order valence-electron chi connectivity index (χ3n) is 3.02. The lowest BCUT2D eigenvalue weighted by molar-refractivity contribution is -0.123. The maximum atomic E-state index is 12.1. The first kappa shape index (κ1) is 16.2. The minimum atomic E-state index is -1.04. The predicted octanol–water partition coefficient (Wildman–Crippen LogP) is 1.36. The molecule has 0 saturated heterocycles. The molecule has 0 saturated carbocycles. The molecule has 0 aliphatic heterocycles. The van der Waals surface area contributed by atoms with Crippen LogP contribution in [0.1, 0.15) is 27.6 Å². The number of benzene rings is 1. The Morgan fingerprint density at radius 2 is 1.78 bits per heavy atom. The van der Waals surface area contributed by atoms with Gasteiger partial charge in [-0.25, -0.2) is 4.79 Å². The Bertz CT molecular complexity index is 731. The summed E-state index contributed by atoms with van der Waals surface area (Å²) >= 11 is 0. The van der Waals surface area contributed by atoms with Gasteiger partial charge >= 0.3 is 5.97 Å². The van der Waals surface area contributed by atoms with Gasteiger partial charge in [0.25, 0.3) is 11.8 Å². The highest BCUT2D eigenvalue weighted by Gasteiger charge is 2.20. The Balaban J connectivity index is 2.04. The Hall–Kier alpha value is -3.22. The minimum absolute atomic E-state index is 0.175. The zero-order valence-electron chi connectivity index (χ0n) is 12.4. The van der Waals surface area contributed by atoms with Crippen molar-refractivity contribution in [2.45, 2.75) is 13.0 Å². The number of para-hydroxylation sites is 1. The number of carbonyl (C=O) groups excluding carboxylic acids is 3. The number of ether oxygens (including phenoxy) is 1. The van der Waals surface area contributed by atoms with Crippen molar-refractivity contribution < 1.29 is 19.1 Å². The van der Waals surface area contributed by atoms with E-state index in [-0.39, 0.29) is 16.8 Å². The van der Waals surface area contributed by atoms with Crippen molar-refractivity contribution in [2.24, 2.45) is 5.73 Å². The molecule has 23 heavy (non-hydrogen) atoms. The van der Waals surface area contributed by atoms with Crippen molar-refractivity contribution in [1.82, 2.24) is 4.98 Å². The highest BCUT2D eigenvalue weighted by molar-refractivity contribution is 6.04. The van der Waals surface area contributed by atoms with E-state index in [1.165, 1.54) is 43.6 Å². The van der Waals surface area contributed by atoms with Gasteiger partial charge in [-0.05, 0) is 31.2 Å². The van der Waals surface area contributed by atoms with E-state index in [9.17, 15) is 14.4 Å². The summed E-state index contributed by atoms with van der Waals surface area (Å²) in [7, 11) is 0. The van der Waals surface area contributed by atoms with Crippen LogP contribution in [0, 0.1) is 0 Å². The number of primary amides is 1. The summed E-state index contributed by atoms with van der Waals surface area (Å²) in [5, 5.41) is 2.52. The van der Waals surface area contributed by atoms with Crippen molar-refractivity contribution in [3.63, 3.8) is 0 Å². The molecular weight excluding hydrogens is 298 g/mol. The third kappa shape index (κ3) is 4.13. The van der Waals surface area contributed by atoms with E-state index in [4.69, 9.17) is 10.5 Å². The van der Waals surface area contributed by atoms with E-state index in [0.29, 0.717) is 0 Å². The Morgan fingerprint density at radius 1 is 1.13 bits per heavy atom. The minimum Gasteiger partial charge on any atom is -0.449 e. The van der Waals surface area contributed by atoms with Crippen LogP contribution >= 0.6 is 0 Å². The van der Waals surface area contributed by atoms with Gasteiger partial charge in [0.2, 0.25) is 0 Å².